The molecule has 120 valence electrons. The zero-order valence-electron chi connectivity index (χ0n) is 10.3. The Kier molecular flexibility index (Phi) is 10.9. The monoisotopic (exact) mass is 377 g/mol. The largest absolute Gasteiger partial charge is 0.306 e. The molecule has 9 nitrogen and oxygen atoms in total. The minimum Gasteiger partial charge on any atom is -0.306 e. The molecule has 0 spiro atoms. The van der Waals surface area contributed by atoms with E-state index >= 15 is 0 Å². The molecule has 0 aliphatic heterocycles. The molecule has 2 unspecified atom stereocenters. The van der Waals surface area contributed by atoms with Crippen LogP contribution in [0.2, 0.25) is 0 Å². The summed E-state index contributed by atoms with van der Waals surface area (Å²) >= 11 is -4.44. The molecule has 3 N–H and O–H groups in total. The van der Waals surface area contributed by atoms with Crippen LogP contribution in [-0.2, 0) is 45.6 Å². The lowest BCUT2D eigenvalue weighted by Gasteiger charge is -2.00. The topological polar surface area (TPSA) is 158 Å². The van der Waals surface area contributed by atoms with Crippen molar-refractivity contribution in [2.75, 3.05) is 23.0 Å². The number of rotatable bonds is 12. The molecule has 0 rings (SSSR count). The van der Waals surface area contributed by atoms with Crippen molar-refractivity contribution in [3.63, 3.8) is 0 Å². The fraction of sp³-hybridized carbons (Fsp3) is 0.500. The van der Waals surface area contributed by atoms with Gasteiger partial charge in [0.1, 0.15) is 11.5 Å². The first-order valence-corrected chi connectivity index (χ1v) is 9.98. The van der Waals surface area contributed by atoms with E-state index in [0.29, 0.717) is 0 Å². The maximum atomic E-state index is 11.3. The second-order valence-electron chi connectivity index (χ2n) is 3.23. The van der Waals surface area contributed by atoms with Crippen LogP contribution in [0.4, 0.5) is 0 Å². The molecule has 2 atom stereocenters. The van der Waals surface area contributed by atoms with Crippen molar-refractivity contribution < 1.29 is 36.4 Å². The second kappa shape index (κ2) is 11.2. The number of hydrogen-bond acceptors (Lipinski definition) is 10. The minimum absolute atomic E-state index is 0.279. The highest BCUT2D eigenvalue weighted by atomic mass is 33.1. The Morgan fingerprint density at radius 3 is 1.71 bits per heavy atom. The standard InChI is InChI=1S/C8H11NO8S4/c9-17-21(16)4-8(13)6(11)2-19-18-1-5(10)7(12)3-20(14)15/h1-4,9H2,(H,14,15). The van der Waals surface area contributed by atoms with Gasteiger partial charge in [0.25, 0.3) is 0 Å². The molecule has 0 saturated heterocycles. The predicted molar refractivity (Wildman–Crippen MR) is 78.9 cm³/mol. The number of nitrogens with two attached hydrogens (primary N) is 1. The van der Waals surface area contributed by atoms with E-state index in [1.807, 2.05) is 0 Å². The molecule has 13 heteroatoms. The van der Waals surface area contributed by atoms with Gasteiger partial charge >= 0.3 is 0 Å². The number of carbonyl (C=O) groups excluding carboxylic acids is 4. The molecule has 0 aliphatic rings. The molecule has 0 radical (unpaired) electrons. The highest BCUT2D eigenvalue weighted by Gasteiger charge is 2.19. The maximum absolute atomic E-state index is 11.3. The molecule has 0 saturated carbocycles. The Labute approximate surface area is 132 Å². The van der Waals surface area contributed by atoms with E-state index in [9.17, 15) is 27.6 Å². The van der Waals surface area contributed by atoms with E-state index < -0.39 is 56.8 Å². The summed E-state index contributed by atoms with van der Waals surface area (Å²) in [5.41, 5.74) is 0. The van der Waals surface area contributed by atoms with E-state index in [-0.39, 0.29) is 11.5 Å². The normalized spacial score (nSPS) is 13.4. The Morgan fingerprint density at radius 2 is 1.33 bits per heavy atom. The summed E-state index contributed by atoms with van der Waals surface area (Å²) in [5, 5.41) is 0. The van der Waals surface area contributed by atoms with E-state index in [1.54, 1.807) is 0 Å². The molecule has 0 aromatic rings. The van der Waals surface area contributed by atoms with Gasteiger partial charge in [-0.3, -0.25) is 19.2 Å². The number of Topliss-reactive ketones (excluding diaryl/α,β-unsaturated/α-hetero) is 4. The van der Waals surface area contributed by atoms with Crippen LogP contribution in [0.5, 0.6) is 0 Å². The van der Waals surface area contributed by atoms with Gasteiger partial charge < -0.3 is 4.55 Å². The molecular weight excluding hydrogens is 366 g/mol. The summed E-state index contributed by atoms with van der Waals surface area (Å²) in [5.74, 6) is -1.03. The third-order valence-corrected chi connectivity index (χ3v) is 5.05. The summed E-state index contributed by atoms with van der Waals surface area (Å²) in [6, 6.07) is 0. The van der Waals surface area contributed by atoms with Crippen LogP contribution in [0.15, 0.2) is 0 Å². The van der Waals surface area contributed by atoms with Crippen molar-refractivity contribution in [2.24, 2.45) is 5.90 Å². The average Bonchev–Trinajstić information content (AvgIpc) is 2.41. The molecule has 0 aromatic heterocycles. The quantitative estimate of drug-likeness (QED) is 0.133. The van der Waals surface area contributed by atoms with Crippen LogP contribution in [0.25, 0.3) is 0 Å². The van der Waals surface area contributed by atoms with E-state index in [1.165, 1.54) is 0 Å². The molecule has 0 heterocycles. The first-order chi connectivity index (χ1) is 9.77. The van der Waals surface area contributed by atoms with E-state index in [2.05, 4.69) is 10.2 Å². The molecule has 0 bridgehead atoms. The highest BCUT2D eigenvalue weighted by Crippen LogP contribution is 2.21. The fourth-order valence-electron chi connectivity index (χ4n) is 0.766. The van der Waals surface area contributed by atoms with E-state index in [4.69, 9.17) is 4.55 Å². The second-order valence-corrected chi connectivity index (χ2v) is 7.71. The average molecular weight is 377 g/mol. The molecular formula is C8H11NO8S4. The molecule has 0 fully saturated rings. The van der Waals surface area contributed by atoms with Gasteiger partial charge in [-0.1, -0.05) is 21.6 Å². The van der Waals surface area contributed by atoms with Gasteiger partial charge in [0, 0.05) is 0 Å². The van der Waals surface area contributed by atoms with Crippen LogP contribution in [0.3, 0.4) is 0 Å². The van der Waals surface area contributed by atoms with Gasteiger partial charge in [0.05, 0.1) is 11.5 Å². The predicted octanol–water partition coefficient (Wildman–Crippen LogP) is -1.58. The number of ketones is 4. The molecule has 21 heavy (non-hydrogen) atoms. The highest BCUT2D eigenvalue weighted by molar-refractivity contribution is 8.77. The van der Waals surface area contributed by atoms with Crippen molar-refractivity contribution in [1.29, 1.82) is 0 Å². The lowest BCUT2D eigenvalue weighted by molar-refractivity contribution is -0.133. The Hall–Kier alpha value is -0.440. The number of carbonyl (C=O) groups is 4. The maximum Gasteiger partial charge on any atom is 0.214 e. The third kappa shape index (κ3) is 10.00. The molecule has 0 aliphatic carbocycles. The fourth-order valence-corrected chi connectivity index (χ4v) is 3.44. The first-order valence-electron chi connectivity index (χ1n) is 4.97. The van der Waals surface area contributed by atoms with Crippen molar-refractivity contribution in [1.82, 2.24) is 0 Å². The molecule has 0 amide bonds. The van der Waals surface area contributed by atoms with Crippen molar-refractivity contribution >= 4 is 66.9 Å². The zero-order valence-corrected chi connectivity index (χ0v) is 13.6. The van der Waals surface area contributed by atoms with Crippen LogP contribution in [0, 0.1) is 0 Å². The van der Waals surface area contributed by atoms with Gasteiger partial charge in [-0.2, -0.15) is 5.90 Å². The van der Waals surface area contributed by atoms with Gasteiger partial charge in [0.2, 0.25) is 23.1 Å². The van der Waals surface area contributed by atoms with Crippen LogP contribution in [0.1, 0.15) is 0 Å². The smallest absolute Gasteiger partial charge is 0.214 e. The van der Waals surface area contributed by atoms with Gasteiger partial charge in [-0.15, -0.1) is 0 Å². The Morgan fingerprint density at radius 1 is 0.905 bits per heavy atom. The Balaban J connectivity index is 3.94. The van der Waals surface area contributed by atoms with Crippen LogP contribution in [-0.4, -0.2) is 59.1 Å². The minimum atomic E-state index is -2.38. The zero-order chi connectivity index (χ0) is 16.4. The van der Waals surface area contributed by atoms with Crippen LogP contribution >= 0.6 is 21.6 Å². The van der Waals surface area contributed by atoms with Gasteiger partial charge in [-0.25, -0.2) is 12.7 Å². The number of hydrogen-bond donors (Lipinski definition) is 2. The lowest BCUT2D eigenvalue weighted by atomic mass is 10.3. The summed E-state index contributed by atoms with van der Waals surface area (Å²) in [6.07, 6.45) is 0. The summed E-state index contributed by atoms with van der Waals surface area (Å²) in [7, 11) is 1.70. The summed E-state index contributed by atoms with van der Waals surface area (Å²) < 4.78 is 33.4. The van der Waals surface area contributed by atoms with Crippen molar-refractivity contribution in [2.45, 2.75) is 0 Å². The van der Waals surface area contributed by atoms with Crippen LogP contribution < -0.4 is 5.90 Å². The van der Waals surface area contributed by atoms with Gasteiger partial charge in [-0.05, 0) is 0 Å². The summed E-state index contributed by atoms with van der Waals surface area (Å²) in [6.45, 7) is 0. The SMILES string of the molecule is NOS(=O)CC(=O)C(=O)CSSCC(=O)C(=O)CS(=O)O. The summed E-state index contributed by atoms with van der Waals surface area (Å²) in [4.78, 5) is 44.7. The molecule has 0 aromatic carbocycles. The third-order valence-electron chi connectivity index (χ3n) is 1.70. The Bertz CT molecular complexity index is 479. The lowest BCUT2D eigenvalue weighted by Crippen LogP contribution is -2.24. The van der Waals surface area contributed by atoms with Crippen molar-refractivity contribution in [3.8, 4) is 0 Å². The van der Waals surface area contributed by atoms with E-state index in [0.717, 1.165) is 21.6 Å². The van der Waals surface area contributed by atoms with Gasteiger partial charge in [0.15, 0.2) is 22.2 Å². The first kappa shape index (κ1) is 20.6. The van der Waals surface area contributed by atoms with Crippen molar-refractivity contribution in [3.05, 3.63) is 0 Å².